The number of methoxy groups -OCH3 is 2. The van der Waals surface area contributed by atoms with Crippen LogP contribution in [0.3, 0.4) is 0 Å². The van der Waals surface area contributed by atoms with Gasteiger partial charge in [0.05, 0.1) is 25.1 Å². The molecule has 0 unspecified atom stereocenters. The number of aromatic nitrogens is 2. The summed E-state index contributed by atoms with van der Waals surface area (Å²) in [4.78, 5) is 18.1. The second-order valence-corrected chi connectivity index (χ2v) is 9.08. The lowest BCUT2D eigenvalue weighted by atomic mass is 10.1. The molecule has 0 amide bonds. The highest BCUT2D eigenvalue weighted by molar-refractivity contribution is 9.10. The summed E-state index contributed by atoms with van der Waals surface area (Å²) in [6.45, 7) is 0.521. The molecule has 0 radical (unpaired) electrons. The molecule has 0 aliphatic carbocycles. The molecule has 1 aromatic heterocycles. The molecular formula is C25H23BrN2O3S. The molecule has 0 fully saturated rings. The van der Waals surface area contributed by atoms with Crippen molar-refractivity contribution in [2.75, 3.05) is 14.2 Å². The summed E-state index contributed by atoms with van der Waals surface area (Å²) in [5.74, 6) is 2.09. The van der Waals surface area contributed by atoms with Crippen LogP contribution in [0.2, 0.25) is 0 Å². The number of para-hydroxylation sites is 1. The van der Waals surface area contributed by atoms with E-state index < -0.39 is 0 Å². The Balaban J connectivity index is 1.65. The lowest BCUT2D eigenvalue weighted by Crippen LogP contribution is -2.24. The Hall–Kier alpha value is -2.77. The van der Waals surface area contributed by atoms with Crippen LogP contribution in [0.25, 0.3) is 10.9 Å². The van der Waals surface area contributed by atoms with Gasteiger partial charge in [-0.2, -0.15) is 0 Å². The monoisotopic (exact) mass is 510 g/mol. The van der Waals surface area contributed by atoms with Crippen molar-refractivity contribution in [1.82, 2.24) is 9.55 Å². The number of thioether (sulfide) groups is 1. The fourth-order valence-electron chi connectivity index (χ4n) is 3.51. The van der Waals surface area contributed by atoms with Gasteiger partial charge in [-0.1, -0.05) is 58.0 Å². The summed E-state index contributed by atoms with van der Waals surface area (Å²) in [6, 6.07) is 21.5. The standard InChI is InChI=1S/C25H23BrN2O3S/c1-30-22-11-10-17(15-23(22)31-2)12-13-28-24(29)20-8-3-4-9-21(20)27-25(28)32-16-18-6-5-7-19(26)14-18/h3-11,14-15H,12-13,16H2,1-2H3. The average Bonchev–Trinajstić information content (AvgIpc) is 2.82. The fourth-order valence-corrected chi connectivity index (χ4v) is 4.92. The highest BCUT2D eigenvalue weighted by Gasteiger charge is 2.13. The first-order valence-electron chi connectivity index (χ1n) is 10.2. The first-order chi connectivity index (χ1) is 15.6. The predicted octanol–water partition coefficient (Wildman–Crippen LogP) is 5.71. The molecule has 5 nitrogen and oxygen atoms in total. The lowest BCUT2D eigenvalue weighted by molar-refractivity contribution is 0.354. The maximum Gasteiger partial charge on any atom is 0.262 e. The van der Waals surface area contributed by atoms with Crippen molar-refractivity contribution in [2.45, 2.75) is 23.9 Å². The minimum absolute atomic E-state index is 0.0205. The van der Waals surface area contributed by atoms with Crippen LogP contribution in [0.5, 0.6) is 11.5 Å². The smallest absolute Gasteiger partial charge is 0.262 e. The highest BCUT2D eigenvalue weighted by atomic mass is 79.9. The summed E-state index contributed by atoms with van der Waals surface area (Å²) in [5.41, 5.74) is 2.92. The van der Waals surface area contributed by atoms with Gasteiger partial charge in [0.2, 0.25) is 0 Å². The van der Waals surface area contributed by atoms with Gasteiger partial charge in [0.25, 0.3) is 5.56 Å². The molecule has 4 rings (SSSR count). The van der Waals surface area contributed by atoms with E-state index in [4.69, 9.17) is 14.5 Å². The number of aryl methyl sites for hydroxylation is 1. The Morgan fingerprint density at radius 3 is 2.53 bits per heavy atom. The SMILES string of the molecule is COc1ccc(CCn2c(SCc3cccc(Br)c3)nc3ccccc3c2=O)cc1OC. The van der Waals surface area contributed by atoms with Crippen LogP contribution in [0.1, 0.15) is 11.1 Å². The van der Waals surface area contributed by atoms with Gasteiger partial charge in [0.1, 0.15) is 0 Å². The zero-order valence-electron chi connectivity index (χ0n) is 17.9. The highest BCUT2D eigenvalue weighted by Crippen LogP contribution is 2.28. The Labute approximate surface area is 199 Å². The van der Waals surface area contributed by atoms with E-state index in [1.807, 2.05) is 54.6 Å². The van der Waals surface area contributed by atoms with E-state index in [0.29, 0.717) is 35.0 Å². The molecule has 0 bridgehead atoms. The fraction of sp³-hybridized carbons (Fsp3) is 0.200. The summed E-state index contributed by atoms with van der Waals surface area (Å²) in [7, 11) is 3.24. The second-order valence-electron chi connectivity index (χ2n) is 7.23. The third-order valence-electron chi connectivity index (χ3n) is 5.16. The molecule has 3 aromatic carbocycles. The maximum absolute atomic E-state index is 13.3. The van der Waals surface area contributed by atoms with E-state index >= 15 is 0 Å². The molecular weight excluding hydrogens is 488 g/mol. The van der Waals surface area contributed by atoms with Crippen LogP contribution in [0, 0.1) is 0 Å². The zero-order chi connectivity index (χ0) is 22.5. The Morgan fingerprint density at radius 2 is 1.75 bits per heavy atom. The van der Waals surface area contributed by atoms with E-state index in [2.05, 4.69) is 28.1 Å². The van der Waals surface area contributed by atoms with Crippen LogP contribution in [0.15, 0.2) is 81.2 Å². The number of fused-ring (bicyclic) bond motifs is 1. The number of rotatable bonds is 8. The van der Waals surface area contributed by atoms with Gasteiger partial charge in [0.15, 0.2) is 16.7 Å². The van der Waals surface area contributed by atoms with Crippen molar-refractivity contribution in [3.8, 4) is 11.5 Å². The topological polar surface area (TPSA) is 53.4 Å². The van der Waals surface area contributed by atoms with Crippen LogP contribution < -0.4 is 15.0 Å². The molecule has 4 aromatic rings. The van der Waals surface area contributed by atoms with E-state index in [1.54, 1.807) is 30.5 Å². The number of halogens is 1. The Morgan fingerprint density at radius 1 is 0.938 bits per heavy atom. The third-order valence-corrected chi connectivity index (χ3v) is 6.70. The predicted molar refractivity (Wildman–Crippen MR) is 133 cm³/mol. The van der Waals surface area contributed by atoms with Crippen molar-refractivity contribution in [3.63, 3.8) is 0 Å². The van der Waals surface area contributed by atoms with E-state index in [-0.39, 0.29) is 5.56 Å². The number of ether oxygens (including phenoxy) is 2. The third kappa shape index (κ3) is 5.00. The molecule has 0 spiro atoms. The molecule has 164 valence electrons. The summed E-state index contributed by atoms with van der Waals surface area (Å²) < 4.78 is 13.6. The maximum atomic E-state index is 13.3. The number of hydrogen-bond donors (Lipinski definition) is 0. The van der Waals surface area contributed by atoms with E-state index in [1.165, 1.54) is 5.56 Å². The van der Waals surface area contributed by atoms with Gasteiger partial charge < -0.3 is 9.47 Å². The van der Waals surface area contributed by atoms with Crippen molar-refractivity contribution >= 4 is 38.6 Å². The molecule has 0 saturated heterocycles. The van der Waals surface area contributed by atoms with Crippen LogP contribution in [0.4, 0.5) is 0 Å². The molecule has 1 heterocycles. The number of benzene rings is 3. The molecule has 0 atom stereocenters. The van der Waals surface area contributed by atoms with E-state index in [9.17, 15) is 4.79 Å². The quantitative estimate of drug-likeness (QED) is 0.224. The van der Waals surface area contributed by atoms with Crippen LogP contribution in [-0.2, 0) is 18.7 Å². The molecule has 0 aliphatic heterocycles. The van der Waals surface area contributed by atoms with Crippen molar-refractivity contribution in [1.29, 1.82) is 0 Å². The van der Waals surface area contributed by atoms with Crippen molar-refractivity contribution in [2.24, 2.45) is 0 Å². The van der Waals surface area contributed by atoms with Gasteiger partial charge in [-0.05, 0) is 53.9 Å². The van der Waals surface area contributed by atoms with Gasteiger partial charge in [0, 0.05) is 16.8 Å². The van der Waals surface area contributed by atoms with Crippen molar-refractivity contribution in [3.05, 3.63) is 92.7 Å². The lowest BCUT2D eigenvalue weighted by Gasteiger charge is -2.14. The summed E-state index contributed by atoms with van der Waals surface area (Å²) in [5, 5.41) is 1.35. The molecule has 7 heteroatoms. The van der Waals surface area contributed by atoms with Gasteiger partial charge in [-0.3, -0.25) is 9.36 Å². The van der Waals surface area contributed by atoms with Gasteiger partial charge >= 0.3 is 0 Å². The summed E-state index contributed by atoms with van der Waals surface area (Å²) >= 11 is 5.09. The second kappa shape index (κ2) is 10.2. The largest absolute Gasteiger partial charge is 0.493 e. The molecule has 0 N–H and O–H groups in total. The minimum Gasteiger partial charge on any atom is -0.493 e. The van der Waals surface area contributed by atoms with Gasteiger partial charge in [-0.25, -0.2) is 4.98 Å². The number of nitrogens with zero attached hydrogens (tertiary/aromatic N) is 2. The average molecular weight is 511 g/mol. The molecule has 0 aliphatic rings. The summed E-state index contributed by atoms with van der Waals surface area (Å²) in [6.07, 6.45) is 0.671. The molecule has 32 heavy (non-hydrogen) atoms. The van der Waals surface area contributed by atoms with E-state index in [0.717, 1.165) is 21.3 Å². The number of hydrogen-bond acceptors (Lipinski definition) is 5. The first kappa shape index (κ1) is 22.4. The molecule has 0 saturated carbocycles. The normalized spacial score (nSPS) is 11.0. The first-order valence-corrected chi connectivity index (χ1v) is 11.9. The minimum atomic E-state index is -0.0205. The van der Waals surface area contributed by atoms with Crippen LogP contribution >= 0.6 is 27.7 Å². The zero-order valence-corrected chi connectivity index (χ0v) is 20.3. The van der Waals surface area contributed by atoms with Crippen molar-refractivity contribution < 1.29 is 9.47 Å². The Kier molecular flexibility index (Phi) is 7.17. The van der Waals surface area contributed by atoms with Gasteiger partial charge in [-0.15, -0.1) is 0 Å². The van der Waals surface area contributed by atoms with Crippen LogP contribution in [-0.4, -0.2) is 23.8 Å². The Bertz CT molecular complexity index is 1310.